The summed E-state index contributed by atoms with van der Waals surface area (Å²) in [4.78, 5) is 17.4. The second-order valence-corrected chi connectivity index (χ2v) is 5.16. The summed E-state index contributed by atoms with van der Waals surface area (Å²) in [5.41, 5.74) is 0. The Morgan fingerprint density at radius 3 is 2.05 bits per heavy atom. The summed E-state index contributed by atoms with van der Waals surface area (Å²) in [6, 6.07) is 0. The normalized spacial score (nSPS) is 23.3. The lowest BCUT2D eigenvalue weighted by Gasteiger charge is -2.30. The van der Waals surface area contributed by atoms with Crippen molar-refractivity contribution in [2.45, 2.75) is 29.0 Å². The van der Waals surface area contributed by atoms with Gasteiger partial charge in [0.25, 0.3) is 0 Å². The van der Waals surface area contributed by atoms with Gasteiger partial charge in [-0.2, -0.15) is 26.3 Å². The van der Waals surface area contributed by atoms with E-state index in [9.17, 15) is 35.9 Å². The zero-order chi connectivity index (χ0) is 15.1. The predicted molar refractivity (Wildman–Crippen MR) is 52.7 cm³/mol. The summed E-state index contributed by atoms with van der Waals surface area (Å²) in [5.74, 6) is -3.20. The number of rotatable bonds is 3. The number of cyclic esters (lactones) is 1. The first-order chi connectivity index (χ1) is 8.44. The maximum atomic E-state index is 12.5. The van der Waals surface area contributed by atoms with Crippen molar-refractivity contribution in [2.75, 3.05) is 5.88 Å². The molecule has 1 fully saturated rings. The molecule has 1 unspecified atom stereocenters. The lowest BCUT2D eigenvalue weighted by Crippen LogP contribution is -2.54. The van der Waals surface area contributed by atoms with E-state index in [2.05, 4.69) is 4.74 Å². The number of ketones is 1. The molecule has 1 saturated heterocycles. The third-order valence-corrected chi connectivity index (χ3v) is 3.94. The lowest BCUT2D eigenvalue weighted by molar-refractivity contribution is -0.327. The zero-order valence-corrected chi connectivity index (χ0v) is 10.3. The highest BCUT2D eigenvalue weighted by Gasteiger charge is 2.78. The zero-order valence-electron chi connectivity index (χ0n) is 8.77. The number of thioether (sulfide) groups is 1. The summed E-state index contributed by atoms with van der Waals surface area (Å²) in [7, 11) is 0. The Balaban J connectivity index is 3.07. The van der Waals surface area contributed by atoms with Crippen molar-refractivity contribution in [1.82, 2.24) is 0 Å². The van der Waals surface area contributed by atoms with Gasteiger partial charge in [0.1, 0.15) is 11.0 Å². The number of esters is 1. The van der Waals surface area contributed by atoms with E-state index in [1.807, 2.05) is 0 Å². The van der Waals surface area contributed by atoms with Gasteiger partial charge in [-0.15, -0.1) is 11.6 Å². The summed E-state index contributed by atoms with van der Waals surface area (Å²) < 4.78 is 78.8. The molecule has 19 heavy (non-hydrogen) atoms. The maximum Gasteiger partial charge on any atom is 0.448 e. The minimum Gasteiger partial charge on any atom is -0.428 e. The van der Waals surface area contributed by atoms with Gasteiger partial charge in [-0.25, -0.2) is 0 Å². The molecule has 0 aromatic rings. The highest BCUT2D eigenvalue weighted by atomic mass is 35.5. The van der Waals surface area contributed by atoms with E-state index in [4.69, 9.17) is 11.6 Å². The van der Waals surface area contributed by atoms with Crippen LogP contribution >= 0.6 is 23.4 Å². The molecule has 0 aliphatic carbocycles. The molecule has 1 aliphatic rings. The molecule has 1 atom stereocenters. The molecular weight excluding hydrogens is 326 g/mol. The molecule has 0 N–H and O–H groups in total. The fraction of sp³-hybridized carbons (Fsp3) is 0.750. The third kappa shape index (κ3) is 2.93. The van der Waals surface area contributed by atoms with Gasteiger partial charge in [-0.3, -0.25) is 9.59 Å². The predicted octanol–water partition coefficient (Wildman–Crippen LogP) is 2.66. The number of carbonyl (C=O) groups is 2. The van der Waals surface area contributed by atoms with Gasteiger partial charge in [0.2, 0.25) is 0 Å². The van der Waals surface area contributed by atoms with Gasteiger partial charge in [0, 0.05) is 6.42 Å². The molecule has 1 heterocycles. The first-order valence-corrected chi connectivity index (χ1v) is 5.98. The van der Waals surface area contributed by atoms with Gasteiger partial charge >= 0.3 is 23.3 Å². The van der Waals surface area contributed by atoms with E-state index < -0.39 is 58.4 Å². The Kier molecular flexibility index (Phi) is 4.35. The van der Waals surface area contributed by atoms with Crippen molar-refractivity contribution >= 4 is 35.1 Å². The van der Waals surface area contributed by atoms with Gasteiger partial charge < -0.3 is 4.74 Å². The average Bonchev–Trinajstić information content (AvgIpc) is 2.56. The minimum atomic E-state index is -5.84. The molecule has 1 aliphatic heterocycles. The van der Waals surface area contributed by atoms with Crippen LogP contribution in [-0.4, -0.2) is 40.2 Å². The molecule has 0 saturated carbocycles. The monoisotopic (exact) mass is 330 g/mol. The first-order valence-electron chi connectivity index (χ1n) is 4.56. The summed E-state index contributed by atoms with van der Waals surface area (Å²) in [5, 5.41) is -1.88. The molecule has 0 aromatic carbocycles. The lowest BCUT2D eigenvalue weighted by atomic mass is 10.2. The fourth-order valence-corrected chi connectivity index (χ4v) is 2.60. The van der Waals surface area contributed by atoms with E-state index in [0.29, 0.717) is 0 Å². The Hall–Kier alpha value is -0.640. The summed E-state index contributed by atoms with van der Waals surface area (Å²) >= 11 is 4.30. The second-order valence-electron chi connectivity index (χ2n) is 3.52. The minimum absolute atomic E-state index is 0.616. The van der Waals surface area contributed by atoms with Crippen molar-refractivity contribution < 1.29 is 40.7 Å². The number of Topliss-reactive ketones (excluding diaryl/α,β-unsaturated/α-hetero) is 1. The van der Waals surface area contributed by atoms with E-state index in [-0.39, 0.29) is 0 Å². The smallest absolute Gasteiger partial charge is 0.428 e. The van der Waals surface area contributed by atoms with Crippen LogP contribution in [0.5, 0.6) is 0 Å². The van der Waals surface area contributed by atoms with Crippen LogP contribution in [0.1, 0.15) is 6.42 Å². The molecule has 0 aromatic heterocycles. The van der Waals surface area contributed by atoms with Crippen molar-refractivity contribution in [1.29, 1.82) is 0 Å². The quantitative estimate of drug-likeness (QED) is 0.453. The van der Waals surface area contributed by atoms with Crippen LogP contribution in [0.25, 0.3) is 0 Å². The molecule has 0 spiro atoms. The van der Waals surface area contributed by atoms with E-state index in [1.54, 1.807) is 0 Å². The average molecular weight is 331 g/mol. The highest BCUT2D eigenvalue weighted by molar-refractivity contribution is 8.02. The molecule has 3 nitrogen and oxygen atoms in total. The number of halogens is 7. The maximum absolute atomic E-state index is 12.5. The number of alkyl halides is 7. The van der Waals surface area contributed by atoms with Crippen LogP contribution in [0.15, 0.2) is 0 Å². The number of hydrogen-bond donors (Lipinski definition) is 0. The highest BCUT2D eigenvalue weighted by Crippen LogP contribution is 2.58. The van der Waals surface area contributed by atoms with Crippen molar-refractivity contribution in [3.05, 3.63) is 0 Å². The topological polar surface area (TPSA) is 43.4 Å². The molecule has 110 valence electrons. The number of carbonyl (C=O) groups excluding carboxylic acids is 2. The third-order valence-electron chi connectivity index (χ3n) is 2.12. The van der Waals surface area contributed by atoms with Gasteiger partial charge in [0.05, 0.1) is 5.88 Å². The fourth-order valence-electron chi connectivity index (χ4n) is 1.28. The van der Waals surface area contributed by atoms with E-state index in [1.165, 1.54) is 0 Å². The molecule has 0 radical (unpaired) electrons. The van der Waals surface area contributed by atoms with Gasteiger partial charge in [-0.1, -0.05) is 11.8 Å². The summed E-state index contributed by atoms with van der Waals surface area (Å²) in [6.07, 6.45) is -12.5. The van der Waals surface area contributed by atoms with Crippen LogP contribution in [0.4, 0.5) is 26.3 Å². The van der Waals surface area contributed by atoms with Crippen LogP contribution in [0.2, 0.25) is 0 Å². The van der Waals surface area contributed by atoms with Gasteiger partial charge in [-0.05, 0) is 0 Å². The Bertz CT molecular complexity index is 379. The van der Waals surface area contributed by atoms with Crippen molar-refractivity contribution in [2.24, 2.45) is 0 Å². The Labute approximate surface area is 111 Å². The van der Waals surface area contributed by atoms with Crippen LogP contribution in [0.3, 0.4) is 0 Å². The van der Waals surface area contributed by atoms with Gasteiger partial charge in [0.15, 0.2) is 0 Å². The molecule has 0 amide bonds. The Morgan fingerprint density at radius 1 is 1.26 bits per heavy atom. The summed E-state index contributed by atoms with van der Waals surface area (Å²) in [6.45, 7) is 0. The van der Waals surface area contributed by atoms with Crippen LogP contribution in [0, 0.1) is 0 Å². The number of ether oxygens (including phenoxy) is 1. The van der Waals surface area contributed by atoms with Crippen LogP contribution < -0.4 is 0 Å². The molecular formula is C8H5ClF6O3S. The molecule has 1 rings (SSSR count). The van der Waals surface area contributed by atoms with Crippen molar-refractivity contribution in [3.63, 3.8) is 0 Å². The number of hydrogen-bond acceptors (Lipinski definition) is 4. The second kappa shape index (κ2) is 5.04. The van der Waals surface area contributed by atoms with E-state index >= 15 is 0 Å². The van der Waals surface area contributed by atoms with Crippen molar-refractivity contribution in [3.8, 4) is 0 Å². The van der Waals surface area contributed by atoms with Crippen LogP contribution in [-0.2, 0) is 14.3 Å². The standard InChI is InChI=1S/C8H5ClF6O3S/c9-2-3(16)1-4-5(17)18-6(19-4,7(10,11)12)8(13,14)15/h4H,1-2H2. The molecule has 0 bridgehead atoms. The molecule has 11 heteroatoms. The van der Waals surface area contributed by atoms with E-state index in [0.717, 1.165) is 0 Å². The first kappa shape index (κ1) is 16.4. The largest absolute Gasteiger partial charge is 0.448 e. The Morgan fingerprint density at radius 2 is 1.74 bits per heavy atom. The SMILES string of the molecule is O=C(CCl)CC1SC(C(F)(F)F)(C(F)(F)F)OC1=O.